The summed E-state index contributed by atoms with van der Waals surface area (Å²) in [7, 11) is 0. The van der Waals surface area contributed by atoms with Crippen LogP contribution in [0.1, 0.15) is 38.6 Å². The number of carbonyl (C=O) groups is 1. The summed E-state index contributed by atoms with van der Waals surface area (Å²) in [5.74, 6) is -0.971. The van der Waals surface area contributed by atoms with Crippen LogP contribution in [0.15, 0.2) is 52.4 Å². The van der Waals surface area contributed by atoms with Gasteiger partial charge in [0.25, 0.3) is 5.56 Å². The highest BCUT2D eigenvalue weighted by atomic mass is 35.5. The Morgan fingerprint density at radius 2 is 2.00 bits per heavy atom. The van der Waals surface area contributed by atoms with E-state index in [0.29, 0.717) is 16.1 Å². The number of amides is 1. The number of hydrogen-bond acceptors (Lipinski definition) is 4. The van der Waals surface area contributed by atoms with Crippen LogP contribution in [0.2, 0.25) is 5.02 Å². The number of rotatable bonds is 5. The number of fused-ring (bicyclic) bond motifs is 1. The summed E-state index contributed by atoms with van der Waals surface area (Å²) in [5, 5.41) is 3.36. The molecule has 1 saturated carbocycles. The topological polar surface area (TPSA) is 64.0 Å². The highest BCUT2D eigenvalue weighted by Crippen LogP contribution is 2.33. The molecule has 0 saturated heterocycles. The molecule has 2 aromatic carbocycles. The Hall–Kier alpha value is -2.38. The number of benzene rings is 2. The molecule has 1 amide bonds. The molecular formula is C22H21ClFN3O2S. The molecule has 1 fully saturated rings. The Morgan fingerprint density at radius 1 is 1.27 bits per heavy atom. The summed E-state index contributed by atoms with van der Waals surface area (Å²) in [6, 6.07) is 11.4. The van der Waals surface area contributed by atoms with Crippen molar-refractivity contribution in [3.63, 3.8) is 0 Å². The summed E-state index contributed by atoms with van der Waals surface area (Å²) in [5.41, 5.74) is 0.596. The summed E-state index contributed by atoms with van der Waals surface area (Å²) in [6.07, 6.45) is 3.98. The molecule has 1 aromatic heterocycles. The fourth-order valence-electron chi connectivity index (χ4n) is 3.73. The van der Waals surface area contributed by atoms with Gasteiger partial charge in [-0.15, -0.1) is 0 Å². The molecule has 0 radical (unpaired) electrons. The Morgan fingerprint density at radius 3 is 2.73 bits per heavy atom. The first-order valence-electron chi connectivity index (χ1n) is 9.88. The van der Waals surface area contributed by atoms with Crippen LogP contribution in [0.25, 0.3) is 10.9 Å². The fourth-order valence-corrected chi connectivity index (χ4v) is 4.87. The number of nitrogens with zero attached hydrogens (tertiary/aromatic N) is 2. The number of carbonyl (C=O) groups excluding carboxylic acids is 1. The van der Waals surface area contributed by atoms with Crippen molar-refractivity contribution in [1.29, 1.82) is 0 Å². The fraction of sp³-hybridized carbons (Fsp3) is 0.318. The average Bonchev–Trinajstić information content (AvgIpc) is 3.24. The Balaban J connectivity index is 1.64. The number of thioether (sulfide) groups is 1. The highest BCUT2D eigenvalue weighted by molar-refractivity contribution is 8.00. The van der Waals surface area contributed by atoms with Crippen molar-refractivity contribution in [2.75, 3.05) is 5.32 Å². The van der Waals surface area contributed by atoms with Crippen LogP contribution >= 0.6 is 23.4 Å². The zero-order chi connectivity index (χ0) is 21.3. The molecule has 156 valence electrons. The third kappa shape index (κ3) is 4.23. The standard InChI is InChI=1S/C22H21ClFN3O2S/c1-13(20(28)25-19-11-10-14(23)12-17(19)24)30-22-26-18-9-5-4-8-16(18)21(29)27(22)15-6-2-3-7-15/h4-5,8-13,15H,2-3,6-7H2,1H3,(H,25,28). The van der Waals surface area contributed by atoms with Crippen molar-refractivity contribution < 1.29 is 9.18 Å². The summed E-state index contributed by atoms with van der Waals surface area (Å²) < 4.78 is 15.8. The van der Waals surface area contributed by atoms with Crippen LogP contribution in [-0.4, -0.2) is 20.7 Å². The van der Waals surface area contributed by atoms with Gasteiger partial charge in [0.2, 0.25) is 5.91 Å². The van der Waals surface area contributed by atoms with Gasteiger partial charge < -0.3 is 5.32 Å². The van der Waals surface area contributed by atoms with E-state index in [1.807, 2.05) is 12.1 Å². The van der Waals surface area contributed by atoms with Crippen LogP contribution in [0.4, 0.5) is 10.1 Å². The van der Waals surface area contributed by atoms with Gasteiger partial charge in [0.05, 0.1) is 21.8 Å². The molecule has 5 nitrogen and oxygen atoms in total. The molecule has 8 heteroatoms. The monoisotopic (exact) mass is 445 g/mol. The first-order valence-corrected chi connectivity index (χ1v) is 11.1. The third-order valence-corrected chi connectivity index (χ3v) is 6.61. The summed E-state index contributed by atoms with van der Waals surface area (Å²) in [6.45, 7) is 1.72. The molecule has 1 heterocycles. The van der Waals surface area contributed by atoms with E-state index in [4.69, 9.17) is 16.6 Å². The Labute approximate surface area is 182 Å². The number of halogens is 2. The van der Waals surface area contributed by atoms with Crippen molar-refractivity contribution in [2.45, 2.75) is 49.1 Å². The predicted molar refractivity (Wildman–Crippen MR) is 119 cm³/mol. The van der Waals surface area contributed by atoms with E-state index in [1.165, 1.54) is 23.9 Å². The quantitative estimate of drug-likeness (QED) is 0.420. The van der Waals surface area contributed by atoms with Gasteiger partial charge in [0.1, 0.15) is 5.82 Å². The lowest BCUT2D eigenvalue weighted by atomic mass is 10.2. The van der Waals surface area contributed by atoms with Gasteiger partial charge in [-0.1, -0.05) is 48.3 Å². The Bertz CT molecular complexity index is 1160. The predicted octanol–water partition coefficient (Wildman–Crippen LogP) is 5.42. The zero-order valence-corrected chi connectivity index (χ0v) is 18.0. The lowest BCUT2D eigenvalue weighted by Crippen LogP contribution is -2.29. The van der Waals surface area contributed by atoms with E-state index in [0.717, 1.165) is 31.7 Å². The van der Waals surface area contributed by atoms with Gasteiger partial charge >= 0.3 is 0 Å². The molecule has 1 aliphatic carbocycles. The highest BCUT2D eigenvalue weighted by Gasteiger charge is 2.26. The molecule has 1 aliphatic rings. The molecule has 4 rings (SSSR count). The van der Waals surface area contributed by atoms with E-state index in [9.17, 15) is 14.0 Å². The smallest absolute Gasteiger partial charge is 0.262 e. The molecule has 0 spiro atoms. The largest absolute Gasteiger partial charge is 0.323 e. The zero-order valence-electron chi connectivity index (χ0n) is 16.4. The van der Waals surface area contributed by atoms with Crippen molar-refractivity contribution >= 4 is 45.9 Å². The van der Waals surface area contributed by atoms with Crippen LogP contribution in [0.5, 0.6) is 0 Å². The SMILES string of the molecule is CC(Sc1nc2ccccc2c(=O)n1C1CCCC1)C(=O)Nc1ccc(Cl)cc1F. The summed E-state index contributed by atoms with van der Waals surface area (Å²) in [4.78, 5) is 30.6. The second-order valence-corrected chi connectivity index (χ2v) is 9.14. The maximum atomic E-state index is 14.0. The van der Waals surface area contributed by atoms with E-state index in [-0.39, 0.29) is 28.2 Å². The lowest BCUT2D eigenvalue weighted by Gasteiger charge is -2.20. The minimum atomic E-state index is -0.597. The molecule has 1 atom stereocenters. The molecule has 3 aromatic rings. The van der Waals surface area contributed by atoms with E-state index >= 15 is 0 Å². The van der Waals surface area contributed by atoms with Gasteiger partial charge in [0.15, 0.2) is 5.16 Å². The van der Waals surface area contributed by atoms with Crippen molar-refractivity contribution in [3.05, 3.63) is 63.7 Å². The van der Waals surface area contributed by atoms with Crippen molar-refractivity contribution in [3.8, 4) is 0 Å². The maximum Gasteiger partial charge on any atom is 0.262 e. The van der Waals surface area contributed by atoms with Crippen LogP contribution < -0.4 is 10.9 Å². The van der Waals surface area contributed by atoms with E-state index < -0.39 is 11.1 Å². The van der Waals surface area contributed by atoms with Crippen LogP contribution in [-0.2, 0) is 4.79 Å². The maximum absolute atomic E-state index is 14.0. The van der Waals surface area contributed by atoms with Gasteiger partial charge in [-0.25, -0.2) is 9.37 Å². The lowest BCUT2D eigenvalue weighted by molar-refractivity contribution is -0.115. The van der Waals surface area contributed by atoms with Gasteiger partial charge in [-0.2, -0.15) is 0 Å². The number of nitrogens with one attached hydrogen (secondary N) is 1. The molecule has 1 unspecified atom stereocenters. The van der Waals surface area contributed by atoms with Gasteiger partial charge in [-0.3, -0.25) is 14.2 Å². The second kappa shape index (κ2) is 8.78. The van der Waals surface area contributed by atoms with E-state index in [2.05, 4.69) is 5.32 Å². The van der Waals surface area contributed by atoms with Crippen LogP contribution in [0, 0.1) is 5.82 Å². The molecule has 30 heavy (non-hydrogen) atoms. The Kier molecular flexibility index (Phi) is 6.11. The van der Waals surface area contributed by atoms with Crippen LogP contribution in [0.3, 0.4) is 0 Å². The van der Waals surface area contributed by atoms with Crippen molar-refractivity contribution in [2.24, 2.45) is 0 Å². The van der Waals surface area contributed by atoms with Gasteiger partial charge in [-0.05, 0) is 50.1 Å². The number of aromatic nitrogens is 2. The number of anilines is 1. The molecular weight excluding hydrogens is 425 g/mol. The molecule has 0 bridgehead atoms. The molecule has 1 N–H and O–H groups in total. The average molecular weight is 446 g/mol. The van der Waals surface area contributed by atoms with E-state index in [1.54, 1.807) is 23.6 Å². The normalized spacial score (nSPS) is 15.4. The minimum absolute atomic E-state index is 0.0662. The molecule has 0 aliphatic heterocycles. The second-order valence-electron chi connectivity index (χ2n) is 7.40. The van der Waals surface area contributed by atoms with Crippen molar-refractivity contribution in [1.82, 2.24) is 9.55 Å². The first-order chi connectivity index (χ1) is 14.4. The summed E-state index contributed by atoms with van der Waals surface area (Å²) >= 11 is 6.98. The minimum Gasteiger partial charge on any atom is -0.323 e. The number of para-hydroxylation sites is 1. The third-order valence-electron chi connectivity index (χ3n) is 5.31. The van der Waals surface area contributed by atoms with Gasteiger partial charge in [0, 0.05) is 11.1 Å². The first kappa shape index (κ1) is 20.9. The number of hydrogen-bond donors (Lipinski definition) is 1.